The molecule has 0 radical (unpaired) electrons. The van der Waals surface area contributed by atoms with E-state index in [4.69, 9.17) is 0 Å². The predicted octanol–water partition coefficient (Wildman–Crippen LogP) is 0.339. The monoisotopic (exact) mass is 258 g/mol. The number of hydrogen-bond acceptors (Lipinski definition) is 3. The molecule has 1 amide bonds. The van der Waals surface area contributed by atoms with Crippen molar-refractivity contribution >= 4 is 5.91 Å². The lowest BCUT2D eigenvalue weighted by molar-refractivity contribution is -0.132. The van der Waals surface area contributed by atoms with Crippen molar-refractivity contribution in [3.05, 3.63) is 18.5 Å². The molecule has 1 aromatic rings. The molecular formula is C11H16F2N4O. The minimum absolute atomic E-state index is 0.292. The molecule has 1 unspecified atom stereocenters. The number of carbonyl (C=O) groups excluding carboxylic acids is 1. The highest BCUT2D eigenvalue weighted by Gasteiger charge is 2.42. The number of alkyl halides is 2. The van der Waals surface area contributed by atoms with E-state index >= 15 is 0 Å². The van der Waals surface area contributed by atoms with Crippen LogP contribution in [0.3, 0.4) is 0 Å². The highest BCUT2D eigenvalue weighted by atomic mass is 19.3. The van der Waals surface area contributed by atoms with E-state index in [1.54, 1.807) is 30.2 Å². The third-order valence-electron chi connectivity index (χ3n) is 3.01. The van der Waals surface area contributed by atoms with Gasteiger partial charge in [0.1, 0.15) is 0 Å². The Bertz CT molecular complexity index is 407. The smallest absolute Gasteiger partial charge is 0.262 e. The molecule has 1 aliphatic rings. The van der Waals surface area contributed by atoms with Gasteiger partial charge in [0, 0.05) is 32.4 Å². The van der Waals surface area contributed by atoms with Crippen LogP contribution < -0.4 is 5.32 Å². The highest BCUT2D eigenvalue weighted by molar-refractivity contribution is 5.82. The molecule has 2 rings (SSSR count). The molecule has 1 fully saturated rings. The van der Waals surface area contributed by atoms with E-state index in [1.165, 1.54) is 4.90 Å². The summed E-state index contributed by atoms with van der Waals surface area (Å²) in [6.07, 6.45) is 3.03. The number of hydrogen-bond donors (Lipinski definition) is 1. The summed E-state index contributed by atoms with van der Waals surface area (Å²) in [5.74, 6) is -3.07. The molecule has 1 N–H and O–H groups in total. The zero-order valence-electron chi connectivity index (χ0n) is 10.1. The summed E-state index contributed by atoms with van der Waals surface area (Å²) in [7, 11) is 1.62. The van der Waals surface area contributed by atoms with Gasteiger partial charge in [-0.3, -0.25) is 14.8 Å². The average Bonchev–Trinajstić information content (AvgIpc) is 2.94. The summed E-state index contributed by atoms with van der Waals surface area (Å²) >= 11 is 0. The maximum absolute atomic E-state index is 13.0. The van der Waals surface area contributed by atoms with E-state index < -0.39 is 24.9 Å². The molecule has 1 atom stereocenters. The maximum Gasteiger partial charge on any atom is 0.262 e. The molecule has 0 aromatic carbocycles. The molecular weight excluding hydrogens is 242 g/mol. The van der Waals surface area contributed by atoms with Crippen LogP contribution in [-0.4, -0.2) is 52.7 Å². The predicted molar refractivity (Wildman–Crippen MR) is 61.2 cm³/mol. The number of carbonyl (C=O) groups is 1. The molecule has 18 heavy (non-hydrogen) atoms. The molecule has 1 aromatic heterocycles. The van der Waals surface area contributed by atoms with E-state index in [0.717, 1.165) is 0 Å². The molecule has 0 spiro atoms. The quantitative estimate of drug-likeness (QED) is 0.847. The Kier molecular flexibility index (Phi) is 3.60. The van der Waals surface area contributed by atoms with Gasteiger partial charge >= 0.3 is 0 Å². The molecule has 1 saturated heterocycles. The van der Waals surface area contributed by atoms with Crippen LogP contribution in [0.2, 0.25) is 0 Å². The number of rotatable bonds is 4. The fraction of sp³-hybridized carbons (Fsp3) is 0.636. The highest BCUT2D eigenvalue weighted by Crippen LogP contribution is 2.25. The minimum Gasteiger partial charge on any atom is -0.343 e. The van der Waals surface area contributed by atoms with Gasteiger partial charge in [0.05, 0.1) is 19.1 Å². The second-order valence-electron chi connectivity index (χ2n) is 4.52. The zero-order valence-corrected chi connectivity index (χ0v) is 10.1. The molecule has 0 bridgehead atoms. The van der Waals surface area contributed by atoms with Crippen LogP contribution in [0.25, 0.3) is 0 Å². The van der Waals surface area contributed by atoms with Crippen molar-refractivity contribution in [3.8, 4) is 0 Å². The fourth-order valence-electron chi connectivity index (χ4n) is 1.95. The third-order valence-corrected chi connectivity index (χ3v) is 3.01. The SMILES string of the molecule is CN(CCn1cccn1)C(=O)C1CC(F)(F)CN1. The van der Waals surface area contributed by atoms with Crippen molar-refractivity contribution in [3.63, 3.8) is 0 Å². The van der Waals surface area contributed by atoms with Crippen LogP contribution in [0.15, 0.2) is 18.5 Å². The van der Waals surface area contributed by atoms with Crippen molar-refractivity contribution in [2.45, 2.75) is 24.9 Å². The second kappa shape index (κ2) is 5.01. The first-order valence-electron chi connectivity index (χ1n) is 5.81. The van der Waals surface area contributed by atoms with E-state index in [9.17, 15) is 13.6 Å². The largest absolute Gasteiger partial charge is 0.343 e. The van der Waals surface area contributed by atoms with Gasteiger partial charge < -0.3 is 4.90 Å². The summed E-state index contributed by atoms with van der Waals surface area (Å²) in [5, 5.41) is 6.57. The summed E-state index contributed by atoms with van der Waals surface area (Å²) in [6, 6.07) is 1.02. The Morgan fingerprint density at radius 3 is 3.00 bits per heavy atom. The number of amides is 1. The first kappa shape index (κ1) is 12.9. The minimum atomic E-state index is -2.77. The van der Waals surface area contributed by atoms with Crippen LogP contribution in [0.4, 0.5) is 8.78 Å². The summed E-state index contributed by atoms with van der Waals surface area (Å²) in [5.41, 5.74) is 0. The van der Waals surface area contributed by atoms with Crippen LogP contribution in [0.5, 0.6) is 0 Å². The summed E-state index contributed by atoms with van der Waals surface area (Å²) < 4.78 is 27.7. The molecule has 5 nitrogen and oxygen atoms in total. The molecule has 0 aliphatic carbocycles. The topological polar surface area (TPSA) is 50.2 Å². The number of nitrogens with zero attached hydrogens (tertiary/aromatic N) is 3. The lowest BCUT2D eigenvalue weighted by atomic mass is 10.2. The Balaban J connectivity index is 1.82. The number of likely N-dealkylation sites (N-methyl/N-ethyl adjacent to an activating group) is 1. The third kappa shape index (κ3) is 3.04. The van der Waals surface area contributed by atoms with Gasteiger partial charge in [-0.1, -0.05) is 0 Å². The summed E-state index contributed by atoms with van der Waals surface area (Å²) in [4.78, 5) is 13.4. The molecule has 7 heteroatoms. The van der Waals surface area contributed by atoms with Crippen LogP contribution >= 0.6 is 0 Å². The number of aromatic nitrogens is 2. The molecule has 2 heterocycles. The summed E-state index contributed by atoms with van der Waals surface area (Å²) in [6.45, 7) is 0.582. The van der Waals surface area contributed by atoms with Crippen molar-refractivity contribution in [2.75, 3.05) is 20.1 Å². The lowest BCUT2D eigenvalue weighted by Crippen LogP contribution is -2.42. The van der Waals surface area contributed by atoms with Crippen molar-refractivity contribution < 1.29 is 13.6 Å². The Hall–Kier alpha value is -1.50. The van der Waals surface area contributed by atoms with Gasteiger partial charge in [0.2, 0.25) is 5.91 Å². The molecule has 0 saturated carbocycles. The van der Waals surface area contributed by atoms with E-state index in [0.29, 0.717) is 13.1 Å². The first-order valence-corrected chi connectivity index (χ1v) is 5.81. The Morgan fingerprint density at radius 1 is 1.67 bits per heavy atom. The van der Waals surface area contributed by atoms with E-state index in [1.807, 2.05) is 0 Å². The average molecular weight is 258 g/mol. The van der Waals surface area contributed by atoms with E-state index in [2.05, 4.69) is 10.4 Å². The van der Waals surface area contributed by atoms with E-state index in [-0.39, 0.29) is 5.91 Å². The standard InChI is InChI=1S/C11H16F2N4O/c1-16(5-6-17-4-2-3-15-17)10(18)9-7-11(12,13)8-14-9/h2-4,9,14H,5-8H2,1H3. The van der Waals surface area contributed by atoms with Gasteiger partial charge in [-0.05, 0) is 6.07 Å². The van der Waals surface area contributed by atoms with Crippen molar-refractivity contribution in [1.29, 1.82) is 0 Å². The van der Waals surface area contributed by atoms with Crippen LogP contribution in [0, 0.1) is 0 Å². The Labute approximate surface area is 104 Å². The number of nitrogens with one attached hydrogen (secondary N) is 1. The Morgan fingerprint density at radius 2 is 2.44 bits per heavy atom. The lowest BCUT2D eigenvalue weighted by Gasteiger charge is -2.21. The maximum atomic E-state index is 13.0. The second-order valence-corrected chi connectivity index (χ2v) is 4.52. The normalized spacial score (nSPS) is 22.1. The van der Waals surface area contributed by atoms with Crippen LogP contribution in [-0.2, 0) is 11.3 Å². The molecule has 100 valence electrons. The zero-order chi connectivity index (χ0) is 13.2. The first-order chi connectivity index (χ1) is 8.48. The van der Waals surface area contributed by atoms with Crippen molar-refractivity contribution in [1.82, 2.24) is 20.0 Å². The fourth-order valence-corrected chi connectivity index (χ4v) is 1.95. The van der Waals surface area contributed by atoms with Gasteiger partial charge in [-0.25, -0.2) is 8.78 Å². The van der Waals surface area contributed by atoms with Gasteiger partial charge in [-0.15, -0.1) is 0 Å². The van der Waals surface area contributed by atoms with Gasteiger partial charge in [-0.2, -0.15) is 5.10 Å². The number of halogens is 2. The van der Waals surface area contributed by atoms with Crippen molar-refractivity contribution in [2.24, 2.45) is 0 Å². The molecule has 1 aliphatic heterocycles. The van der Waals surface area contributed by atoms with Crippen LogP contribution in [0.1, 0.15) is 6.42 Å². The van der Waals surface area contributed by atoms with Gasteiger partial charge in [0.15, 0.2) is 0 Å². The van der Waals surface area contributed by atoms with Gasteiger partial charge in [0.25, 0.3) is 5.92 Å².